The zero-order chi connectivity index (χ0) is 15.2. The minimum Gasteiger partial charge on any atom is -0.342 e. The number of carbonyl (C=O) groups is 1. The highest BCUT2D eigenvalue weighted by Crippen LogP contribution is 2.22. The molecule has 1 unspecified atom stereocenters. The fraction of sp³-hybridized carbons (Fsp3) is 0.941. The molecule has 4 nitrogen and oxygen atoms in total. The molecule has 2 fully saturated rings. The molecule has 1 aliphatic carbocycles. The number of likely N-dealkylation sites (N-methyl/N-ethyl adjacent to an activating group) is 1. The van der Waals surface area contributed by atoms with E-state index in [2.05, 4.69) is 24.1 Å². The third-order valence-electron chi connectivity index (χ3n) is 5.20. The van der Waals surface area contributed by atoms with E-state index in [1.165, 1.54) is 44.9 Å². The second-order valence-corrected chi connectivity index (χ2v) is 7.11. The molecular formula is C17H33N3O. The molecule has 0 bridgehead atoms. The lowest BCUT2D eigenvalue weighted by Crippen LogP contribution is -2.48. The molecule has 1 heterocycles. The van der Waals surface area contributed by atoms with Crippen LogP contribution >= 0.6 is 0 Å². The SMILES string of the molecule is CC(C)N(CC(=O)N(C)C1CCCCC1)CC1CCCN1. The number of amides is 1. The minimum absolute atomic E-state index is 0.300. The second kappa shape index (κ2) is 8.14. The zero-order valence-electron chi connectivity index (χ0n) is 14.1. The summed E-state index contributed by atoms with van der Waals surface area (Å²) in [5.74, 6) is 0.300. The highest BCUT2D eigenvalue weighted by atomic mass is 16.2. The number of hydrogen-bond acceptors (Lipinski definition) is 3. The van der Waals surface area contributed by atoms with E-state index in [1.807, 2.05) is 11.9 Å². The van der Waals surface area contributed by atoms with Gasteiger partial charge in [0.15, 0.2) is 0 Å². The van der Waals surface area contributed by atoms with Gasteiger partial charge in [-0.3, -0.25) is 9.69 Å². The van der Waals surface area contributed by atoms with Crippen molar-refractivity contribution in [2.75, 3.05) is 26.7 Å². The first-order valence-electron chi connectivity index (χ1n) is 8.81. The van der Waals surface area contributed by atoms with E-state index in [9.17, 15) is 4.79 Å². The van der Waals surface area contributed by atoms with Crippen LogP contribution in [0.3, 0.4) is 0 Å². The molecule has 1 amide bonds. The summed E-state index contributed by atoms with van der Waals surface area (Å²) in [6.07, 6.45) is 8.79. The first-order chi connectivity index (χ1) is 10.1. The Bertz CT molecular complexity index is 320. The van der Waals surface area contributed by atoms with E-state index in [1.54, 1.807) is 0 Å². The third kappa shape index (κ3) is 4.96. The van der Waals surface area contributed by atoms with Crippen LogP contribution in [-0.2, 0) is 4.79 Å². The standard InChI is InChI=1S/C17H33N3O/c1-14(2)20(12-15-8-7-11-18-15)13-17(21)19(3)16-9-5-4-6-10-16/h14-16,18H,4-13H2,1-3H3. The van der Waals surface area contributed by atoms with Gasteiger partial charge < -0.3 is 10.2 Å². The van der Waals surface area contributed by atoms with Crippen LogP contribution in [0.1, 0.15) is 58.8 Å². The van der Waals surface area contributed by atoms with Gasteiger partial charge in [0.25, 0.3) is 0 Å². The van der Waals surface area contributed by atoms with Gasteiger partial charge in [-0.25, -0.2) is 0 Å². The zero-order valence-corrected chi connectivity index (χ0v) is 14.1. The van der Waals surface area contributed by atoms with Crippen LogP contribution in [0.25, 0.3) is 0 Å². The molecule has 0 spiro atoms. The van der Waals surface area contributed by atoms with Gasteiger partial charge in [-0.1, -0.05) is 19.3 Å². The Morgan fingerprint density at radius 3 is 2.43 bits per heavy atom. The maximum absolute atomic E-state index is 12.6. The highest BCUT2D eigenvalue weighted by Gasteiger charge is 2.26. The number of carbonyl (C=O) groups excluding carboxylic acids is 1. The second-order valence-electron chi connectivity index (χ2n) is 7.11. The molecule has 0 aromatic heterocycles. The summed E-state index contributed by atoms with van der Waals surface area (Å²) < 4.78 is 0. The quantitative estimate of drug-likeness (QED) is 0.816. The average molecular weight is 295 g/mol. The van der Waals surface area contributed by atoms with Gasteiger partial charge >= 0.3 is 0 Å². The molecule has 0 radical (unpaired) electrons. The Labute approximate surface area is 130 Å². The number of nitrogens with one attached hydrogen (secondary N) is 1. The van der Waals surface area contributed by atoms with E-state index in [4.69, 9.17) is 0 Å². The number of rotatable bonds is 6. The summed E-state index contributed by atoms with van der Waals surface area (Å²) in [5.41, 5.74) is 0. The molecular weight excluding hydrogens is 262 g/mol. The predicted molar refractivity (Wildman–Crippen MR) is 87.4 cm³/mol. The van der Waals surface area contributed by atoms with Crippen LogP contribution in [0.2, 0.25) is 0 Å². The van der Waals surface area contributed by atoms with Gasteiger partial charge in [0.2, 0.25) is 5.91 Å². The fourth-order valence-corrected chi connectivity index (χ4v) is 3.61. The Hall–Kier alpha value is -0.610. The fourth-order valence-electron chi connectivity index (χ4n) is 3.61. The smallest absolute Gasteiger partial charge is 0.236 e. The molecule has 2 rings (SSSR count). The van der Waals surface area contributed by atoms with E-state index in [0.717, 1.165) is 13.1 Å². The molecule has 1 N–H and O–H groups in total. The number of nitrogens with zero attached hydrogens (tertiary/aromatic N) is 2. The van der Waals surface area contributed by atoms with Crippen molar-refractivity contribution in [3.8, 4) is 0 Å². The molecule has 1 saturated heterocycles. The summed E-state index contributed by atoms with van der Waals surface area (Å²) in [6, 6.07) is 1.47. The molecule has 1 atom stereocenters. The van der Waals surface area contributed by atoms with Crippen molar-refractivity contribution in [1.29, 1.82) is 0 Å². The van der Waals surface area contributed by atoms with Gasteiger partial charge in [0, 0.05) is 31.7 Å². The van der Waals surface area contributed by atoms with Crippen molar-refractivity contribution in [3.63, 3.8) is 0 Å². The van der Waals surface area contributed by atoms with Crippen LogP contribution < -0.4 is 5.32 Å². The van der Waals surface area contributed by atoms with Crippen LogP contribution in [-0.4, -0.2) is 60.5 Å². The van der Waals surface area contributed by atoms with Gasteiger partial charge in [0.05, 0.1) is 6.54 Å². The van der Waals surface area contributed by atoms with E-state index >= 15 is 0 Å². The molecule has 21 heavy (non-hydrogen) atoms. The van der Waals surface area contributed by atoms with Crippen molar-refractivity contribution < 1.29 is 4.79 Å². The summed E-state index contributed by atoms with van der Waals surface area (Å²) in [5, 5.41) is 3.54. The van der Waals surface area contributed by atoms with Crippen LogP contribution in [0.4, 0.5) is 0 Å². The molecule has 0 aromatic carbocycles. The van der Waals surface area contributed by atoms with Crippen molar-refractivity contribution >= 4 is 5.91 Å². The first-order valence-corrected chi connectivity index (χ1v) is 8.81. The Balaban J connectivity index is 1.84. The third-order valence-corrected chi connectivity index (χ3v) is 5.20. The molecule has 1 saturated carbocycles. The molecule has 2 aliphatic rings. The van der Waals surface area contributed by atoms with Crippen LogP contribution in [0, 0.1) is 0 Å². The van der Waals surface area contributed by atoms with E-state index in [-0.39, 0.29) is 0 Å². The van der Waals surface area contributed by atoms with E-state index in [0.29, 0.717) is 30.6 Å². The van der Waals surface area contributed by atoms with Crippen molar-refractivity contribution in [1.82, 2.24) is 15.1 Å². The maximum Gasteiger partial charge on any atom is 0.236 e. The average Bonchev–Trinajstić information content (AvgIpc) is 2.99. The molecule has 4 heteroatoms. The normalized spacial score (nSPS) is 24.0. The Morgan fingerprint density at radius 2 is 1.86 bits per heavy atom. The topological polar surface area (TPSA) is 35.6 Å². The summed E-state index contributed by atoms with van der Waals surface area (Å²) in [7, 11) is 2.00. The van der Waals surface area contributed by atoms with Crippen LogP contribution in [0.15, 0.2) is 0 Å². The lowest BCUT2D eigenvalue weighted by Gasteiger charge is -2.35. The number of hydrogen-bond donors (Lipinski definition) is 1. The van der Waals surface area contributed by atoms with Gasteiger partial charge in [-0.2, -0.15) is 0 Å². The molecule has 122 valence electrons. The largest absolute Gasteiger partial charge is 0.342 e. The summed E-state index contributed by atoms with van der Waals surface area (Å²) in [6.45, 7) is 7.10. The van der Waals surface area contributed by atoms with E-state index < -0.39 is 0 Å². The van der Waals surface area contributed by atoms with Crippen molar-refractivity contribution in [2.24, 2.45) is 0 Å². The summed E-state index contributed by atoms with van der Waals surface area (Å²) >= 11 is 0. The minimum atomic E-state index is 0.300. The lowest BCUT2D eigenvalue weighted by atomic mass is 9.94. The summed E-state index contributed by atoms with van der Waals surface area (Å²) in [4.78, 5) is 17.0. The maximum atomic E-state index is 12.6. The first kappa shape index (κ1) is 16.8. The van der Waals surface area contributed by atoms with Gasteiger partial charge in [-0.15, -0.1) is 0 Å². The molecule has 1 aliphatic heterocycles. The van der Waals surface area contributed by atoms with Crippen molar-refractivity contribution in [3.05, 3.63) is 0 Å². The lowest BCUT2D eigenvalue weighted by molar-refractivity contribution is -0.134. The van der Waals surface area contributed by atoms with Crippen molar-refractivity contribution in [2.45, 2.75) is 76.9 Å². The Morgan fingerprint density at radius 1 is 1.14 bits per heavy atom. The van der Waals surface area contributed by atoms with Gasteiger partial charge in [-0.05, 0) is 46.1 Å². The Kier molecular flexibility index (Phi) is 6.49. The highest BCUT2D eigenvalue weighted by molar-refractivity contribution is 5.78. The monoisotopic (exact) mass is 295 g/mol. The van der Waals surface area contributed by atoms with Crippen LogP contribution in [0.5, 0.6) is 0 Å². The predicted octanol–water partition coefficient (Wildman–Crippen LogP) is 2.24. The van der Waals surface area contributed by atoms with Gasteiger partial charge in [0.1, 0.15) is 0 Å². The molecule has 0 aromatic rings.